The zero-order valence-corrected chi connectivity index (χ0v) is 18.7. The summed E-state index contributed by atoms with van der Waals surface area (Å²) >= 11 is 0. The number of hydrogen-bond acceptors (Lipinski definition) is 6. The topological polar surface area (TPSA) is 98.5 Å². The highest BCUT2D eigenvalue weighted by Crippen LogP contribution is 2.28. The molecule has 1 amide bonds. The molecular formula is C25H22F2N4O4. The second-order valence-corrected chi connectivity index (χ2v) is 7.74. The van der Waals surface area contributed by atoms with Gasteiger partial charge in [-0.15, -0.1) is 0 Å². The van der Waals surface area contributed by atoms with Crippen LogP contribution in [0.1, 0.15) is 15.9 Å². The summed E-state index contributed by atoms with van der Waals surface area (Å²) in [6.07, 6.45) is 2.65. The van der Waals surface area contributed by atoms with Gasteiger partial charge in [-0.1, -0.05) is 6.07 Å². The lowest BCUT2D eigenvalue weighted by atomic mass is 9.94. The maximum Gasteiger partial charge on any atom is 0.255 e. The smallest absolute Gasteiger partial charge is 0.255 e. The van der Waals surface area contributed by atoms with Gasteiger partial charge >= 0.3 is 0 Å². The Kier molecular flexibility index (Phi) is 7.02. The minimum Gasteiger partial charge on any atom is -0.497 e. The van der Waals surface area contributed by atoms with Crippen LogP contribution >= 0.6 is 0 Å². The monoisotopic (exact) mass is 480 g/mol. The van der Waals surface area contributed by atoms with Crippen LogP contribution in [-0.4, -0.2) is 39.5 Å². The number of hydrogen-bond donors (Lipinski definition) is 2. The van der Waals surface area contributed by atoms with E-state index in [1.807, 2.05) is 0 Å². The van der Waals surface area contributed by atoms with Gasteiger partial charge in [0, 0.05) is 22.9 Å². The van der Waals surface area contributed by atoms with E-state index in [1.165, 1.54) is 23.4 Å². The summed E-state index contributed by atoms with van der Waals surface area (Å²) in [5.41, 5.74) is -1.02. The van der Waals surface area contributed by atoms with Crippen molar-refractivity contribution >= 4 is 11.6 Å². The number of benzene rings is 3. The Morgan fingerprint density at radius 1 is 1.06 bits per heavy atom. The van der Waals surface area contributed by atoms with Crippen LogP contribution in [0.25, 0.3) is 0 Å². The molecule has 0 fully saturated rings. The van der Waals surface area contributed by atoms with Crippen LogP contribution in [0.5, 0.6) is 11.5 Å². The van der Waals surface area contributed by atoms with Gasteiger partial charge in [0.2, 0.25) is 0 Å². The van der Waals surface area contributed by atoms with Crippen molar-refractivity contribution in [3.8, 4) is 11.5 Å². The molecule has 1 unspecified atom stereocenters. The first-order chi connectivity index (χ1) is 16.9. The Balaban J connectivity index is 1.45. The number of rotatable bonds is 9. The number of aromatic nitrogens is 3. The van der Waals surface area contributed by atoms with E-state index in [0.29, 0.717) is 28.8 Å². The summed E-state index contributed by atoms with van der Waals surface area (Å²) in [7, 11) is 1.55. The first-order valence-corrected chi connectivity index (χ1v) is 10.5. The minimum atomic E-state index is -1.87. The minimum absolute atomic E-state index is 0.141. The molecule has 0 radical (unpaired) electrons. The second-order valence-electron chi connectivity index (χ2n) is 7.74. The number of nitrogens with zero attached hydrogens (tertiary/aromatic N) is 3. The first-order valence-electron chi connectivity index (χ1n) is 10.5. The number of methoxy groups -OCH3 is 1. The number of ether oxygens (including phenoxy) is 2. The standard InChI is InChI=1S/C25H22F2N4O4/c1-34-20-7-2-17(3-8-20)24(32)30-19-5-9-21(10-6-19)35-14-25(33,13-31-16-28-15-29-31)22-11-4-18(26)12-23(22)27/h2-12,15-16,33H,13-14H2,1H3,(H,30,32). The van der Waals surface area contributed by atoms with Gasteiger partial charge in [0.15, 0.2) is 0 Å². The Morgan fingerprint density at radius 2 is 1.77 bits per heavy atom. The quantitative estimate of drug-likeness (QED) is 0.378. The van der Waals surface area contributed by atoms with Gasteiger partial charge in [-0.25, -0.2) is 18.4 Å². The molecule has 0 bridgehead atoms. The van der Waals surface area contributed by atoms with Crippen LogP contribution in [0.4, 0.5) is 14.5 Å². The second kappa shape index (κ2) is 10.3. The lowest BCUT2D eigenvalue weighted by molar-refractivity contribution is -0.0297. The lowest BCUT2D eigenvalue weighted by Gasteiger charge is -2.29. The van der Waals surface area contributed by atoms with Gasteiger partial charge in [0.05, 0.1) is 13.7 Å². The number of carbonyl (C=O) groups is 1. The Bertz CT molecular complexity index is 1280. The molecule has 0 aliphatic rings. The van der Waals surface area contributed by atoms with Crippen LogP contribution in [0.2, 0.25) is 0 Å². The molecule has 0 spiro atoms. The summed E-state index contributed by atoms with van der Waals surface area (Å²) < 4.78 is 40.1. The summed E-state index contributed by atoms with van der Waals surface area (Å²) in [6.45, 7) is -0.529. The molecule has 10 heteroatoms. The molecule has 1 aromatic heterocycles. The van der Waals surface area contributed by atoms with Crippen LogP contribution in [-0.2, 0) is 12.1 Å². The molecule has 4 rings (SSSR count). The van der Waals surface area contributed by atoms with Crippen LogP contribution in [0, 0.1) is 11.6 Å². The highest BCUT2D eigenvalue weighted by molar-refractivity contribution is 6.04. The Hall–Kier alpha value is -4.31. The predicted molar refractivity (Wildman–Crippen MR) is 123 cm³/mol. The van der Waals surface area contributed by atoms with Crippen molar-refractivity contribution in [1.82, 2.24) is 14.8 Å². The van der Waals surface area contributed by atoms with E-state index in [1.54, 1.807) is 55.6 Å². The van der Waals surface area contributed by atoms with E-state index in [0.717, 1.165) is 6.07 Å². The van der Waals surface area contributed by atoms with Crippen molar-refractivity contribution in [3.63, 3.8) is 0 Å². The Morgan fingerprint density at radius 3 is 2.40 bits per heavy atom. The van der Waals surface area contributed by atoms with Gasteiger partial charge in [-0.2, -0.15) is 5.10 Å². The van der Waals surface area contributed by atoms with E-state index < -0.39 is 17.2 Å². The zero-order chi connectivity index (χ0) is 24.8. The van der Waals surface area contributed by atoms with Gasteiger partial charge in [-0.05, 0) is 54.6 Å². The number of halogens is 2. The average molecular weight is 480 g/mol. The van der Waals surface area contributed by atoms with E-state index in [4.69, 9.17) is 9.47 Å². The van der Waals surface area contributed by atoms with Crippen molar-refractivity contribution < 1.29 is 28.2 Å². The van der Waals surface area contributed by atoms with Crippen molar-refractivity contribution in [3.05, 3.63) is 102 Å². The van der Waals surface area contributed by atoms with Crippen LogP contribution in [0.3, 0.4) is 0 Å². The molecule has 0 saturated heterocycles. The van der Waals surface area contributed by atoms with E-state index in [2.05, 4.69) is 15.4 Å². The van der Waals surface area contributed by atoms with E-state index in [9.17, 15) is 18.7 Å². The molecular weight excluding hydrogens is 458 g/mol. The molecule has 8 nitrogen and oxygen atoms in total. The summed E-state index contributed by atoms with van der Waals surface area (Å²) in [4.78, 5) is 16.3. The number of aliphatic hydroxyl groups is 1. The molecule has 3 aromatic carbocycles. The number of carbonyl (C=O) groups excluding carboxylic acids is 1. The summed E-state index contributed by atoms with van der Waals surface area (Å²) in [5, 5.41) is 18.0. The molecule has 4 aromatic rings. The maximum absolute atomic E-state index is 14.5. The fraction of sp³-hybridized carbons (Fsp3) is 0.160. The largest absolute Gasteiger partial charge is 0.497 e. The zero-order valence-electron chi connectivity index (χ0n) is 18.7. The molecule has 2 N–H and O–H groups in total. The fourth-order valence-corrected chi connectivity index (χ4v) is 3.44. The van der Waals surface area contributed by atoms with Crippen LogP contribution < -0.4 is 14.8 Å². The predicted octanol–water partition coefficient (Wildman–Crippen LogP) is 3.78. The van der Waals surface area contributed by atoms with E-state index in [-0.39, 0.29) is 24.6 Å². The van der Waals surface area contributed by atoms with Gasteiger partial charge in [0.25, 0.3) is 5.91 Å². The van der Waals surface area contributed by atoms with Crippen molar-refractivity contribution in [2.75, 3.05) is 19.0 Å². The van der Waals surface area contributed by atoms with Crippen molar-refractivity contribution in [1.29, 1.82) is 0 Å². The first kappa shape index (κ1) is 23.8. The summed E-state index contributed by atoms with van der Waals surface area (Å²) in [6, 6.07) is 16.1. The third-order valence-electron chi connectivity index (χ3n) is 5.26. The van der Waals surface area contributed by atoms with Gasteiger partial charge in [-0.3, -0.25) is 4.79 Å². The third-order valence-corrected chi connectivity index (χ3v) is 5.26. The number of nitrogens with one attached hydrogen (secondary N) is 1. The molecule has 35 heavy (non-hydrogen) atoms. The maximum atomic E-state index is 14.5. The molecule has 180 valence electrons. The highest BCUT2D eigenvalue weighted by atomic mass is 19.1. The molecule has 1 atom stereocenters. The van der Waals surface area contributed by atoms with Crippen molar-refractivity contribution in [2.45, 2.75) is 12.1 Å². The summed E-state index contributed by atoms with van der Waals surface area (Å²) in [5.74, 6) is -0.954. The Labute approximate surface area is 199 Å². The number of amides is 1. The average Bonchev–Trinajstić information content (AvgIpc) is 3.36. The molecule has 1 heterocycles. The SMILES string of the molecule is COc1ccc(C(=O)Nc2ccc(OCC(O)(Cn3cncn3)c3ccc(F)cc3F)cc2)cc1. The molecule has 0 saturated carbocycles. The molecule has 0 aliphatic heterocycles. The third kappa shape index (κ3) is 5.79. The highest BCUT2D eigenvalue weighted by Gasteiger charge is 2.34. The molecule has 0 aliphatic carbocycles. The van der Waals surface area contributed by atoms with Gasteiger partial charge < -0.3 is 19.9 Å². The number of anilines is 1. The van der Waals surface area contributed by atoms with E-state index >= 15 is 0 Å². The lowest BCUT2D eigenvalue weighted by Crippen LogP contribution is -2.39. The van der Waals surface area contributed by atoms with Gasteiger partial charge in [0.1, 0.15) is 48.0 Å². The normalized spacial score (nSPS) is 12.6. The fourth-order valence-electron chi connectivity index (χ4n) is 3.44. The van der Waals surface area contributed by atoms with Crippen LogP contribution in [0.15, 0.2) is 79.4 Å². The van der Waals surface area contributed by atoms with Crippen molar-refractivity contribution in [2.24, 2.45) is 0 Å².